The van der Waals surface area contributed by atoms with Gasteiger partial charge in [0.15, 0.2) is 0 Å². The third kappa shape index (κ3) is 4.36. The van der Waals surface area contributed by atoms with Crippen LogP contribution in [0.4, 0.5) is 0 Å². The minimum absolute atomic E-state index is 0. The maximum Gasteiger partial charge on any atom is 0.223 e. The number of benzene rings is 2. The molecule has 1 heterocycles. The number of rotatable bonds is 6. The highest BCUT2D eigenvalue weighted by Gasteiger charge is 2.28. The van der Waals surface area contributed by atoms with Crippen LogP contribution in [0.25, 0.3) is 10.8 Å². The highest BCUT2D eigenvalue weighted by atomic mass is 35.5. The Bertz CT molecular complexity index is 658. The number of ether oxygens (including phenoxy) is 1. The molecule has 23 heavy (non-hydrogen) atoms. The second-order valence-electron chi connectivity index (χ2n) is 5.86. The largest absolute Gasteiger partial charge is 0.492 e. The number of hydrogen-bond donors (Lipinski definition) is 2. The van der Waals surface area contributed by atoms with Crippen LogP contribution in [-0.4, -0.2) is 32.1 Å². The standard InChI is InChI=1S/C18H22N2O2.ClH/c1-13(16-11-19-12-16)18(21)20-8-9-22-17-7-6-14-4-2-3-5-15(14)10-17;/h2-7,10,13,16,19H,8-9,11-12H2,1H3,(H,20,21);1H. The van der Waals surface area contributed by atoms with Crippen molar-refractivity contribution in [1.82, 2.24) is 10.6 Å². The number of amides is 1. The lowest BCUT2D eigenvalue weighted by Crippen LogP contribution is -2.49. The average Bonchev–Trinajstić information content (AvgIpc) is 2.49. The average molecular weight is 335 g/mol. The molecule has 2 aromatic carbocycles. The number of carbonyl (C=O) groups is 1. The molecule has 1 unspecified atom stereocenters. The van der Waals surface area contributed by atoms with E-state index in [9.17, 15) is 4.79 Å². The van der Waals surface area contributed by atoms with Crippen molar-refractivity contribution in [3.63, 3.8) is 0 Å². The first-order valence-electron chi connectivity index (χ1n) is 7.84. The first-order chi connectivity index (χ1) is 10.7. The quantitative estimate of drug-likeness (QED) is 0.798. The minimum atomic E-state index is 0. The van der Waals surface area contributed by atoms with Crippen molar-refractivity contribution in [3.05, 3.63) is 42.5 Å². The van der Waals surface area contributed by atoms with Gasteiger partial charge in [-0.05, 0) is 41.9 Å². The molecule has 0 spiro atoms. The maximum atomic E-state index is 12.0. The van der Waals surface area contributed by atoms with Gasteiger partial charge in [0.05, 0.1) is 6.54 Å². The minimum Gasteiger partial charge on any atom is -0.492 e. The number of fused-ring (bicyclic) bond motifs is 1. The van der Waals surface area contributed by atoms with E-state index in [1.165, 1.54) is 5.39 Å². The van der Waals surface area contributed by atoms with Crippen LogP contribution < -0.4 is 15.4 Å². The number of nitrogens with one attached hydrogen (secondary N) is 2. The number of carbonyl (C=O) groups excluding carboxylic acids is 1. The third-order valence-corrected chi connectivity index (χ3v) is 4.32. The Balaban J connectivity index is 0.00000192. The van der Waals surface area contributed by atoms with Crippen LogP contribution in [0.2, 0.25) is 0 Å². The second-order valence-corrected chi connectivity index (χ2v) is 5.86. The first-order valence-corrected chi connectivity index (χ1v) is 7.84. The van der Waals surface area contributed by atoms with Gasteiger partial charge in [0.2, 0.25) is 5.91 Å². The van der Waals surface area contributed by atoms with Gasteiger partial charge in [-0.25, -0.2) is 0 Å². The Labute approximate surface area is 143 Å². The molecule has 2 aromatic rings. The van der Waals surface area contributed by atoms with Crippen LogP contribution >= 0.6 is 12.4 Å². The molecule has 0 saturated carbocycles. The topological polar surface area (TPSA) is 50.4 Å². The Hall–Kier alpha value is -1.78. The van der Waals surface area contributed by atoms with Gasteiger partial charge in [-0.2, -0.15) is 0 Å². The van der Waals surface area contributed by atoms with E-state index in [4.69, 9.17) is 4.74 Å². The lowest BCUT2D eigenvalue weighted by Gasteiger charge is -2.31. The fourth-order valence-corrected chi connectivity index (χ4v) is 2.64. The Morgan fingerprint density at radius 2 is 2.00 bits per heavy atom. The van der Waals surface area contributed by atoms with Gasteiger partial charge in [0.1, 0.15) is 12.4 Å². The molecule has 1 aliphatic heterocycles. The van der Waals surface area contributed by atoms with Crippen LogP contribution in [-0.2, 0) is 4.79 Å². The maximum absolute atomic E-state index is 12.0. The molecule has 1 amide bonds. The van der Waals surface area contributed by atoms with Gasteiger partial charge in [-0.15, -0.1) is 12.4 Å². The van der Waals surface area contributed by atoms with E-state index in [2.05, 4.69) is 28.8 Å². The van der Waals surface area contributed by atoms with Crippen LogP contribution in [0, 0.1) is 11.8 Å². The zero-order valence-corrected chi connectivity index (χ0v) is 14.1. The second kappa shape index (κ2) is 8.18. The fourth-order valence-electron chi connectivity index (χ4n) is 2.64. The molecule has 3 rings (SSSR count). The van der Waals surface area contributed by atoms with E-state index in [0.29, 0.717) is 19.1 Å². The molecule has 1 saturated heterocycles. The molecule has 124 valence electrons. The van der Waals surface area contributed by atoms with Gasteiger partial charge in [-0.3, -0.25) is 4.79 Å². The summed E-state index contributed by atoms with van der Waals surface area (Å²) in [5.74, 6) is 1.50. The summed E-state index contributed by atoms with van der Waals surface area (Å²) in [6.07, 6.45) is 0. The van der Waals surface area contributed by atoms with Crippen molar-refractivity contribution in [3.8, 4) is 5.75 Å². The van der Waals surface area contributed by atoms with Crippen LogP contribution in [0.5, 0.6) is 5.75 Å². The van der Waals surface area contributed by atoms with Crippen molar-refractivity contribution >= 4 is 29.1 Å². The fraction of sp³-hybridized carbons (Fsp3) is 0.389. The highest BCUT2D eigenvalue weighted by Crippen LogP contribution is 2.20. The zero-order chi connectivity index (χ0) is 15.4. The van der Waals surface area contributed by atoms with Crippen molar-refractivity contribution < 1.29 is 9.53 Å². The molecule has 1 atom stereocenters. The van der Waals surface area contributed by atoms with E-state index in [0.717, 1.165) is 24.2 Å². The molecule has 5 heteroatoms. The lowest BCUT2D eigenvalue weighted by molar-refractivity contribution is -0.126. The molecular formula is C18H23ClN2O2. The predicted octanol–water partition coefficient (Wildman–Crippen LogP) is 2.61. The zero-order valence-electron chi connectivity index (χ0n) is 13.2. The number of halogens is 1. The molecular weight excluding hydrogens is 312 g/mol. The highest BCUT2D eigenvalue weighted by molar-refractivity contribution is 5.85. The summed E-state index contributed by atoms with van der Waals surface area (Å²) in [6, 6.07) is 14.2. The summed E-state index contributed by atoms with van der Waals surface area (Å²) in [7, 11) is 0. The van der Waals surface area contributed by atoms with Crippen LogP contribution in [0.1, 0.15) is 6.92 Å². The summed E-state index contributed by atoms with van der Waals surface area (Å²) in [6.45, 7) is 4.91. The summed E-state index contributed by atoms with van der Waals surface area (Å²) >= 11 is 0. The normalized spacial score (nSPS) is 15.3. The van der Waals surface area contributed by atoms with Crippen molar-refractivity contribution in [2.75, 3.05) is 26.2 Å². The van der Waals surface area contributed by atoms with Crippen molar-refractivity contribution in [2.24, 2.45) is 11.8 Å². The monoisotopic (exact) mass is 334 g/mol. The van der Waals surface area contributed by atoms with E-state index in [1.54, 1.807) is 0 Å². The van der Waals surface area contributed by atoms with E-state index in [1.807, 2.05) is 31.2 Å². The molecule has 1 fully saturated rings. The van der Waals surface area contributed by atoms with Gasteiger partial charge >= 0.3 is 0 Å². The summed E-state index contributed by atoms with van der Waals surface area (Å²) in [4.78, 5) is 12.0. The third-order valence-electron chi connectivity index (χ3n) is 4.32. The molecule has 0 radical (unpaired) electrons. The first kappa shape index (κ1) is 17.6. The van der Waals surface area contributed by atoms with Crippen molar-refractivity contribution in [2.45, 2.75) is 6.92 Å². The lowest BCUT2D eigenvalue weighted by atomic mass is 9.88. The Kier molecular flexibility index (Phi) is 6.25. The molecule has 0 bridgehead atoms. The summed E-state index contributed by atoms with van der Waals surface area (Å²) < 4.78 is 5.72. The van der Waals surface area contributed by atoms with Gasteiger partial charge in [0.25, 0.3) is 0 Å². The molecule has 2 N–H and O–H groups in total. The van der Waals surface area contributed by atoms with Crippen LogP contribution in [0.15, 0.2) is 42.5 Å². The SMILES string of the molecule is CC(C(=O)NCCOc1ccc2ccccc2c1)C1CNC1.Cl. The van der Waals surface area contributed by atoms with Crippen LogP contribution in [0.3, 0.4) is 0 Å². The molecule has 0 aromatic heterocycles. The molecule has 4 nitrogen and oxygen atoms in total. The molecule has 0 aliphatic carbocycles. The van der Waals surface area contributed by atoms with E-state index in [-0.39, 0.29) is 24.2 Å². The Morgan fingerprint density at radius 3 is 2.70 bits per heavy atom. The summed E-state index contributed by atoms with van der Waals surface area (Å²) in [5, 5.41) is 8.51. The Morgan fingerprint density at radius 1 is 1.26 bits per heavy atom. The summed E-state index contributed by atoms with van der Waals surface area (Å²) in [5.41, 5.74) is 0. The van der Waals surface area contributed by atoms with E-state index < -0.39 is 0 Å². The smallest absolute Gasteiger partial charge is 0.223 e. The predicted molar refractivity (Wildman–Crippen MR) is 95.2 cm³/mol. The van der Waals surface area contributed by atoms with Gasteiger partial charge < -0.3 is 15.4 Å². The molecule has 1 aliphatic rings. The van der Waals surface area contributed by atoms with E-state index >= 15 is 0 Å². The van der Waals surface area contributed by atoms with Crippen molar-refractivity contribution in [1.29, 1.82) is 0 Å². The van der Waals surface area contributed by atoms with Gasteiger partial charge in [0, 0.05) is 5.92 Å². The van der Waals surface area contributed by atoms with Gasteiger partial charge in [-0.1, -0.05) is 37.3 Å². The number of hydrogen-bond acceptors (Lipinski definition) is 3.